The van der Waals surface area contributed by atoms with E-state index >= 15 is 0 Å². The molecule has 2 aliphatic heterocycles. The first-order chi connectivity index (χ1) is 15.9. The van der Waals surface area contributed by atoms with Gasteiger partial charge in [-0.3, -0.25) is 4.79 Å². The van der Waals surface area contributed by atoms with Crippen LogP contribution in [0.1, 0.15) is 48.9 Å². The zero-order chi connectivity index (χ0) is 23.4. The number of carbonyl (C=O) groups excluding carboxylic acids is 1. The lowest BCUT2D eigenvalue weighted by Gasteiger charge is -2.23. The van der Waals surface area contributed by atoms with Crippen molar-refractivity contribution in [3.63, 3.8) is 0 Å². The molecule has 0 unspecified atom stereocenters. The lowest BCUT2D eigenvalue weighted by atomic mass is 10.1. The number of carbonyl (C=O) groups is 1. The maximum atomic E-state index is 14.7. The van der Waals surface area contributed by atoms with Gasteiger partial charge in [-0.2, -0.15) is 4.31 Å². The molecule has 0 spiro atoms. The number of nitrogens with zero attached hydrogens (tertiary/aromatic N) is 2. The molecule has 2 aromatic rings. The Balaban J connectivity index is 1.66. The molecular weight excluding hydrogens is 445 g/mol. The summed E-state index contributed by atoms with van der Waals surface area (Å²) in [7, 11) is -2.34. The van der Waals surface area contributed by atoms with Crippen LogP contribution in [0, 0.1) is 5.82 Å². The zero-order valence-electron chi connectivity index (χ0n) is 18.8. The molecule has 2 aliphatic rings. The average Bonchev–Trinajstić information content (AvgIpc) is 3.20. The minimum absolute atomic E-state index is 0.0312. The fraction of sp³-hybridized carbons (Fsp3) is 0.458. The number of benzene rings is 2. The second-order valence-electron chi connectivity index (χ2n) is 8.46. The molecule has 1 amide bonds. The molecule has 2 saturated heterocycles. The predicted molar refractivity (Wildman–Crippen MR) is 126 cm³/mol. The summed E-state index contributed by atoms with van der Waals surface area (Å²) >= 11 is 0. The van der Waals surface area contributed by atoms with Gasteiger partial charge >= 0.3 is 0 Å². The van der Waals surface area contributed by atoms with Gasteiger partial charge in [0.05, 0.1) is 23.3 Å². The molecule has 9 heteroatoms. The number of methoxy groups -OCH3 is 1. The summed E-state index contributed by atoms with van der Waals surface area (Å²) in [6, 6.07) is 8.95. The van der Waals surface area contributed by atoms with Crippen LogP contribution in [0.15, 0.2) is 41.3 Å². The third kappa shape index (κ3) is 4.99. The first-order valence-electron chi connectivity index (χ1n) is 11.4. The van der Waals surface area contributed by atoms with Crippen LogP contribution in [-0.4, -0.2) is 51.9 Å². The summed E-state index contributed by atoms with van der Waals surface area (Å²) in [5.74, 6) is -0.938. The highest BCUT2D eigenvalue weighted by molar-refractivity contribution is 7.89. The van der Waals surface area contributed by atoms with Crippen LogP contribution >= 0.6 is 0 Å². The summed E-state index contributed by atoms with van der Waals surface area (Å²) in [5.41, 5.74) is 0.754. The van der Waals surface area contributed by atoms with Crippen molar-refractivity contribution in [2.75, 3.05) is 43.5 Å². The van der Waals surface area contributed by atoms with E-state index in [1.54, 1.807) is 12.1 Å². The third-order valence-corrected chi connectivity index (χ3v) is 8.19. The van der Waals surface area contributed by atoms with E-state index in [4.69, 9.17) is 4.74 Å². The third-order valence-electron chi connectivity index (χ3n) is 6.30. The highest BCUT2D eigenvalue weighted by Gasteiger charge is 2.28. The van der Waals surface area contributed by atoms with E-state index in [1.165, 1.54) is 35.7 Å². The maximum absolute atomic E-state index is 14.7. The molecule has 33 heavy (non-hydrogen) atoms. The Morgan fingerprint density at radius 1 is 0.970 bits per heavy atom. The largest absolute Gasteiger partial charge is 0.496 e. The number of halogens is 1. The smallest absolute Gasteiger partial charge is 0.259 e. The quantitative estimate of drug-likeness (QED) is 0.676. The van der Waals surface area contributed by atoms with Crippen molar-refractivity contribution < 1.29 is 22.3 Å². The molecule has 0 radical (unpaired) electrons. The summed E-state index contributed by atoms with van der Waals surface area (Å²) in [6.45, 7) is 2.51. The minimum Gasteiger partial charge on any atom is -0.496 e. The van der Waals surface area contributed by atoms with Crippen LogP contribution in [0.3, 0.4) is 0 Å². The number of sulfonamides is 1. The van der Waals surface area contributed by atoms with Gasteiger partial charge in [0.25, 0.3) is 5.91 Å². The molecule has 1 N–H and O–H groups in total. The van der Waals surface area contributed by atoms with E-state index in [0.717, 1.165) is 51.6 Å². The topological polar surface area (TPSA) is 79.0 Å². The number of para-hydroxylation sites is 1. The van der Waals surface area contributed by atoms with E-state index in [9.17, 15) is 17.6 Å². The second-order valence-corrected chi connectivity index (χ2v) is 10.4. The van der Waals surface area contributed by atoms with Crippen LogP contribution in [0.2, 0.25) is 0 Å². The van der Waals surface area contributed by atoms with Gasteiger partial charge in [0, 0.05) is 26.2 Å². The van der Waals surface area contributed by atoms with Crippen LogP contribution in [0.25, 0.3) is 0 Å². The lowest BCUT2D eigenvalue weighted by molar-refractivity contribution is 0.102. The van der Waals surface area contributed by atoms with Crippen LogP contribution < -0.4 is 15.0 Å². The van der Waals surface area contributed by atoms with Gasteiger partial charge in [-0.05, 0) is 56.0 Å². The standard InChI is InChI=1S/C24H30FN3O4S/c1-32-22-12-11-18(33(30,31)28-15-4-2-3-5-16-28)17-19(22)24(29)26-23-20(25)9-8-10-21(23)27-13-6-7-14-27/h8-12,17H,2-7,13-16H2,1H3,(H,26,29). The highest BCUT2D eigenvalue weighted by Crippen LogP contribution is 2.33. The number of rotatable bonds is 6. The van der Waals surface area contributed by atoms with Gasteiger partial charge in [-0.15, -0.1) is 0 Å². The Bertz CT molecular complexity index is 1110. The Hall–Kier alpha value is -2.65. The fourth-order valence-corrected chi connectivity index (χ4v) is 6.04. The summed E-state index contributed by atoms with van der Waals surface area (Å²) < 4.78 is 48.0. The van der Waals surface area contributed by atoms with Gasteiger partial charge in [-0.1, -0.05) is 18.9 Å². The molecule has 178 valence electrons. The highest BCUT2D eigenvalue weighted by atomic mass is 32.2. The van der Waals surface area contributed by atoms with Gasteiger partial charge < -0.3 is 15.0 Å². The molecule has 0 saturated carbocycles. The van der Waals surface area contributed by atoms with Crippen LogP contribution in [0.4, 0.5) is 15.8 Å². The van der Waals surface area contributed by atoms with Gasteiger partial charge in [0.1, 0.15) is 17.3 Å². The molecule has 4 rings (SSSR count). The second kappa shape index (κ2) is 10.1. The van der Waals surface area contributed by atoms with E-state index < -0.39 is 21.7 Å². The first kappa shape index (κ1) is 23.5. The van der Waals surface area contributed by atoms with E-state index in [1.807, 2.05) is 4.90 Å². The molecule has 0 bridgehead atoms. The van der Waals surface area contributed by atoms with Crippen molar-refractivity contribution in [1.29, 1.82) is 0 Å². The Kier molecular flexibility index (Phi) is 7.19. The SMILES string of the molecule is COc1ccc(S(=O)(=O)N2CCCCCC2)cc1C(=O)Nc1c(F)cccc1N1CCCC1. The minimum atomic E-state index is -3.75. The molecule has 0 aliphatic carbocycles. The number of ether oxygens (including phenoxy) is 1. The number of amides is 1. The first-order valence-corrected chi connectivity index (χ1v) is 12.9. The van der Waals surface area contributed by atoms with Crippen molar-refractivity contribution in [2.24, 2.45) is 0 Å². The number of hydrogen-bond donors (Lipinski definition) is 1. The van der Waals surface area contributed by atoms with Crippen molar-refractivity contribution in [2.45, 2.75) is 43.4 Å². The maximum Gasteiger partial charge on any atom is 0.259 e. The summed E-state index contributed by atoms with van der Waals surface area (Å²) in [4.78, 5) is 15.3. The lowest BCUT2D eigenvalue weighted by Crippen LogP contribution is -2.32. The Labute approximate surface area is 194 Å². The van der Waals surface area contributed by atoms with Crippen LogP contribution in [-0.2, 0) is 10.0 Å². The fourth-order valence-electron chi connectivity index (χ4n) is 4.50. The molecule has 0 aromatic heterocycles. The van der Waals surface area contributed by atoms with Crippen molar-refractivity contribution in [1.82, 2.24) is 4.31 Å². The van der Waals surface area contributed by atoms with E-state index in [-0.39, 0.29) is 21.9 Å². The predicted octanol–water partition coefficient (Wildman–Crippen LogP) is 4.25. The van der Waals surface area contributed by atoms with Crippen molar-refractivity contribution in [3.8, 4) is 5.75 Å². The number of nitrogens with one attached hydrogen (secondary N) is 1. The molecule has 7 nitrogen and oxygen atoms in total. The summed E-state index contributed by atoms with van der Waals surface area (Å²) in [5, 5.41) is 2.67. The number of hydrogen-bond acceptors (Lipinski definition) is 5. The van der Waals surface area contributed by atoms with E-state index in [2.05, 4.69) is 5.32 Å². The van der Waals surface area contributed by atoms with Gasteiger partial charge in [0.15, 0.2) is 0 Å². The molecule has 0 atom stereocenters. The molecule has 2 heterocycles. The van der Waals surface area contributed by atoms with Gasteiger partial charge in [-0.25, -0.2) is 12.8 Å². The van der Waals surface area contributed by atoms with Crippen LogP contribution in [0.5, 0.6) is 5.75 Å². The van der Waals surface area contributed by atoms with Crippen molar-refractivity contribution >= 4 is 27.3 Å². The Morgan fingerprint density at radius 3 is 2.30 bits per heavy atom. The summed E-state index contributed by atoms with van der Waals surface area (Å²) in [6.07, 6.45) is 5.65. The normalized spacial score (nSPS) is 17.6. The molecule has 2 fully saturated rings. The van der Waals surface area contributed by atoms with E-state index in [0.29, 0.717) is 18.8 Å². The Morgan fingerprint density at radius 2 is 1.64 bits per heavy atom. The monoisotopic (exact) mass is 475 g/mol. The van der Waals surface area contributed by atoms with Crippen molar-refractivity contribution in [3.05, 3.63) is 47.8 Å². The molecule has 2 aromatic carbocycles. The van der Waals surface area contributed by atoms with Gasteiger partial charge in [0.2, 0.25) is 10.0 Å². The molecular formula is C24H30FN3O4S. The average molecular weight is 476 g/mol. The zero-order valence-corrected chi connectivity index (χ0v) is 19.7. The number of anilines is 2.